The molecule has 2 aliphatic rings. The molecule has 1 N–H and O–H groups in total. The van der Waals surface area contributed by atoms with Crippen molar-refractivity contribution in [3.05, 3.63) is 24.3 Å². The summed E-state index contributed by atoms with van der Waals surface area (Å²) >= 11 is 0. The van der Waals surface area contributed by atoms with E-state index in [9.17, 15) is 0 Å². The van der Waals surface area contributed by atoms with Crippen molar-refractivity contribution in [2.45, 2.75) is 50.2 Å². The minimum Gasteiger partial charge on any atom is -0.382 e. The largest absolute Gasteiger partial charge is 0.382 e. The molecule has 0 amide bonds. The van der Waals surface area contributed by atoms with Gasteiger partial charge >= 0.3 is 0 Å². The smallest absolute Gasteiger partial charge is 0.0756 e. The second-order valence-electron chi connectivity index (χ2n) is 6.49. The Labute approximate surface area is 122 Å². The molecule has 1 aliphatic heterocycles. The predicted octanol–water partition coefficient (Wildman–Crippen LogP) is 3.66. The number of anilines is 2. The molecule has 1 spiro atoms. The van der Waals surface area contributed by atoms with Crippen molar-refractivity contribution >= 4 is 11.4 Å². The van der Waals surface area contributed by atoms with E-state index in [4.69, 9.17) is 4.74 Å². The van der Waals surface area contributed by atoms with Crippen LogP contribution in [0, 0.1) is 0 Å². The highest BCUT2D eigenvalue weighted by molar-refractivity contribution is 5.54. The highest BCUT2D eigenvalue weighted by Crippen LogP contribution is 2.43. The van der Waals surface area contributed by atoms with Gasteiger partial charge in [0.2, 0.25) is 0 Å². The van der Waals surface area contributed by atoms with Crippen LogP contribution in [0.2, 0.25) is 0 Å². The van der Waals surface area contributed by atoms with Crippen LogP contribution < -0.4 is 10.2 Å². The molecule has 1 atom stereocenters. The van der Waals surface area contributed by atoms with E-state index in [-0.39, 0.29) is 5.60 Å². The summed E-state index contributed by atoms with van der Waals surface area (Å²) in [4.78, 5) is 2.12. The molecule has 3 heteroatoms. The minimum atomic E-state index is 0.251. The second kappa shape index (κ2) is 5.65. The lowest BCUT2D eigenvalue weighted by Crippen LogP contribution is -2.27. The predicted molar refractivity (Wildman–Crippen MR) is 84.6 cm³/mol. The number of hydrogen-bond donors (Lipinski definition) is 1. The average molecular weight is 274 g/mol. The third-order valence-corrected chi connectivity index (χ3v) is 4.77. The Bertz CT molecular complexity index is 435. The van der Waals surface area contributed by atoms with Crippen LogP contribution >= 0.6 is 0 Å². The maximum Gasteiger partial charge on any atom is 0.0756 e. The number of rotatable bonds is 4. The first-order chi connectivity index (χ1) is 9.67. The normalized spacial score (nSPS) is 24.2. The van der Waals surface area contributed by atoms with Crippen molar-refractivity contribution in [2.24, 2.45) is 0 Å². The zero-order valence-electron chi connectivity index (χ0n) is 12.7. The molecule has 1 saturated heterocycles. The monoisotopic (exact) mass is 274 g/mol. The molecule has 1 saturated carbocycles. The molecule has 20 heavy (non-hydrogen) atoms. The average Bonchev–Trinajstić information content (AvgIpc) is 3.08. The van der Waals surface area contributed by atoms with Gasteiger partial charge in [0, 0.05) is 32.0 Å². The van der Waals surface area contributed by atoms with E-state index in [1.807, 2.05) is 0 Å². The fourth-order valence-corrected chi connectivity index (χ4v) is 3.54. The van der Waals surface area contributed by atoms with Gasteiger partial charge in [-0.15, -0.1) is 0 Å². The topological polar surface area (TPSA) is 24.5 Å². The Morgan fingerprint density at radius 3 is 2.50 bits per heavy atom. The van der Waals surface area contributed by atoms with Gasteiger partial charge in [0.05, 0.1) is 11.7 Å². The van der Waals surface area contributed by atoms with Crippen LogP contribution in [0.1, 0.15) is 38.5 Å². The summed E-state index contributed by atoms with van der Waals surface area (Å²) < 4.78 is 6.32. The van der Waals surface area contributed by atoms with Gasteiger partial charge in [-0.3, -0.25) is 0 Å². The van der Waals surface area contributed by atoms with E-state index in [0.29, 0.717) is 6.10 Å². The summed E-state index contributed by atoms with van der Waals surface area (Å²) in [6.45, 7) is 0.934. The SMILES string of the molecule is CN(C)c1ccc(NCC2CCC3(CCCC3)O2)cc1. The van der Waals surface area contributed by atoms with E-state index in [1.54, 1.807) is 0 Å². The van der Waals surface area contributed by atoms with Crippen molar-refractivity contribution in [1.82, 2.24) is 0 Å². The van der Waals surface area contributed by atoms with Crippen LogP contribution in [0.4, 0.5) is 11.4 Å². The van der Waals surface area contributed by atoms with Gasteiger partial charge < -0.3 is 15.0 Å². The molecule has 2 fully saturated rings. The molecule has 1 aliphatic carbocycles. The van der Waals surface area contributed by atoms with Crippen molar-refractivity contribution in [3.63, 3.8) is 0 Å². The zero-order chi connectivity index (χ0) is 14.0. The van der Waals surface area contributed by atoms with E-state index >= 15 is 0 Å². The fraction of sp³-hybridized carbons (Fsp3) is 0.647. The van der Waals surface area contributed by atoms with Crippen molar-refractivity contribution in [2.75, 3.05) is 30.9 Å². The molecule has 1 aromatic carbocycles. The van der Waals surface area contributed by atoms with Crippen LogP contribution in [-0.2, 0) is 4.74 Å². The molecule has 0 bridgehead atoms. The maximum atomic E-state index is 6.32. The van der Waals surface area contributed by atoms with Gasteiger partial charge in [0.1, 0.15) is 0 Å². The van der Waals surface area contributed by atoms with Gasteiger partial charge in [-0.25, -0.2) is 0 Å². The molecule has 3 nitrogen and oxygen atoms in total. The van der Waals surface area contributed by atoms with Gasteiger partial charge in [-0.1, -0.05) is 12.8 Å². The molecule has 1 unspecified atom stereocenters. The summed E-state index contributed by atoms with van der Waals surface area (Å²) in [6.07, 6.45) is 8.13. The number of nitrogens with zero attached hydrogens (tertiary/aromatic N) is 1. The van der Waals surface area contributed by atoms with Gasteiger partial charge in [0.25, 0.3) is 0 Å². The zero-order valence-corrected chi connectivity index (χ0v) is 12.7. The summed E-state index contributed by atoms with van der Waals surface area (Å²) in [5.74, 6) is 0. The van der Waals surface area contributed by atoms with Gasteiger partial charge in [-0.2, -0.15) is 0 Å². The second-order valence-corrected chi connectivity index (χ2v) is 6.49. The number of ether oxygens (including phenoxy) is 1. The van der Waals surface area contributed by atoms with Crippen LogP contribution in [0.3, 0.4) is 0 Å². The van der Waals surface area contributed by atoms with Crippen molar-refractivity contribution in [1.29, 1.82) is 0 Å². The third-order valence-electron chi connectivity index (χ3n) is 4.77. The number of nitrogens with one attached hydrogen (secondary N) is 1. The summed E-state index contributed by atoms with van der Waals surface area (Å²) in [6, 6.07) is 8.60. The summed E-state index contributed by atoms with van der Waals surface area (Å²) in [5.41, 5.74) is 2.67. The Morgan fingerprint density at radius 2 is 1.85 bits per heavy atom. The first-order valence-corrected chi connectivity index (χ1v) is 7.86. The number of benzene rings is 1. The molecule has 1 aromatic rings. The molecule has 110 valence electrons. The van der Waals surface area contributed by atoms with E-state index in [1.165, 1.54) is 49.9 Å². The number of hydrogen-bond acceptors (Lipinski definition) is 3. The summed E-state index contributed by atoms with van der Waals surface area (Å²) in [5, 5.41) is 3.52. The standard InChI is InChI=1S/C17H26N2O/c1-19(2)15-7-5-14(6-8-15)18-13-16-9-12-17(20-16)10-3-4-11-17/h5-8,16,18H,3-4,9-13H2,1-2H3. The molecular formula is C17H26N2O. The highest BCUT2D eigenvalue weighted by atomic mass is 16.5. The van der Waals surface area contributed by atoms with Crippen LogP contribution in [0.5, 0.6) is 0 Å². The van der Waals surface area contributed by atoms with Crippen LogP contribution in [0.25, 0.3) is 0 Å². The Kier molecular flexibility index (Phi) is 3.88. The lowest BCUT2D eigenvalue weighted by atomic mass is 9.98. The van der Waals surface area contributed by atoms with Gasteiger partial charge in [-0.05, 0) is 49.9 Å². The first kappa shape index (κ1) is 13.7. The minimum absolute atomic E-state index is 0.251. The Hall–Kier alpha value is -1.22. The highest BCUT2D eigenvalue weighted by Gasteiger charge is 2.41. The molecule has 0 radical (unpaired) electrons. The van der Waals surface area contributed by atoms with Gasteiger partial charge in [0.15, 0.2) is 0 Å². The van der Waals surface area contributed by atoms with Crippen molar-refractivity contribution in [3.8, 4) is 0 Å². The fourth-order valence-electron chi connectivity index (χ4n) is 3.54. The molecule has 0 aromatic heterocycles. The van der Waals surface area contributed by atoms with E-state index < -0.39 is 0 Å². The first-order valence-electron chi connectivity index (χ1n) is 7.86. The van der Waals surface area contributed by atoms with Crippen LogP contribution in [0.15, 0.2) is 24.3 Å². The maximum absolute atomic E-state index is 6.32. The van der Waals surface area contributed by atoms with E-state index in [0.717, 1.165) is 6.54 Å². The Morgan fingerprint density at radius 1 is 1.15 bits per heavy atom. The summed E-state index contributed by atoms with van der Waals surface area (Å²) in [7, 11) is 4.13. The van der Waals surface area contributed by atoms with Crippen LogP contribution in [-0.4, -0.2) is 32.3 Å². The Balaban J connectivity index is 1.50. The molecular weight excluding hydrogens is 248 g/mol. The lowest BCUT2D eigenvalue weighted by Gasteiger charge is -2.24. The quantitative estimate of drug-likeness (QED) is 0.907. The molecule has 3 rings (SSSR count). The van der Waals surface area contributed by atoms with Crippen molar-refractivity contribution < 1.29 is 4.74 Å². The lowest BCUT2D eigenvalue weighted by molar-refractivity contribution is -0.0307. The third kappa shape index (κ3) is 2.93. The molecule has 1 heterocycles. The van der Waals surface area contributed by atoms with E-state index in [2.05, 4.69) is 48.6 Å².